The van der Waals surface area contributed by atoms with Crippen LogP contribution in [-0.2, 0) is 9.59 Å². The summed E-state index contributed by atoms with van der Waals surface area (Å²) in [6.07, 6.45) is 1.58. The zero-order valence-corrected chi connectivity index (χ0v) is 8.37. The zero-order valence-electron chi connectivity index (χ0n) is 7.56. The van der Waals surface area contributed by atoms with Crippen LogP contribution in [0.4, 0.5) is 0 Å². The van der Waals surface area contributed by atoms with E-state index in [1.165, 1.54) is 4.90 Å². The van der Waals surface area contributed by atoms with Gasteiger partial charge in [-0.25, -0.2) is 4.79 Å². The molecule has 0 aliphatic carbocycles. The van der Waals surface area contributed by atoms with Crippen molar-refractivity contribution in [2.45, 2.75) is 11.4 Å². The molecule has 0 aromatic heterocycles. The normalized spacial score (nSPS) is 30.5. The maximum Gasteiger partial charge on any atom is 0.352 e. The molecule has 2 heterocycles. The summed E-state index contributed by atoms with van der Waals surface area (Å²) in [6.45, 7) is 0. The Bertz CT molecular complexity index is 329. The number of β-lactam (4-membered cyclic amide) rings is 1. The van der Waals surface area contributed by atoms with Crippen LogP contribution in [0.1, 0.15) is 0 Å². The predicted molar refractivity (Wildman–Crippen MR) is 51.7 cm³/mol. The largest absolute Gasteiger partial charge is 0.477 e. The SMILES string of the molecule is CNC1C(=O)N2C(C(=O)O)=CCS[C@H]12. The molecule has 1 amide bonds. The lowest BCUT2D eigenvalue weighted by Crippen LogP contribution is -2.68. The first-order valence-corrected chi connectivity index (χ1v) is 5.27. The summed E-state index contributed by atoms with van der Waals surface area (Å²) in [5, 5.41) is 11.7. The van der Waals surface area contributed by atoms with Gasteiger partial charge in [-0.1, -0.05) is 0 Å². The van der Waals surface area contributed by atoms with Crippen molar-refractivity contribution in [1.82, 2.24) is 10.2 Å². The molecule has 2 aliphatic rings. The summed E-state index contributed by atoms with van der Waals surface area (Å²) in [4.78, 5) is 23.6. The summed E-state index contributed by atoms with van der Waals surface area (Å²) < 4.78 is 0. The minimum atomic E-state index is -1.03. The minimum absolute atomic E-state index is 0.0522. The van der Waals surface area contributed by atoms with E-state index in [4.69, 9.17) is 5.11 Å². The summed E-state index contributed by atoms with van der Waals surface area (Å²) in [5.41, 5.74) is 0.116. The number of hydrogen-bond acceptors (Lipinski definition) is 4. The molecule has 1 unspecified atom stereocenters. The number of nitrogens with zero attached hydrogens (tertiary/aromatic N) is 1. The Morgan fingerprint density at radius 2 is 2.50 bits per heavy atom. The van der Waals surface area contributed by atoms with E-state index in [1.807, 2.05) is 0 Å². The summed E-state index contributed by atoms with van der Waals surface area (Å²) in [7, 11) is 1.71. The summed E-state index contributed by atoms with van der Waals surface area (Å²) in [6, 6.07) is -0.233. The van der Waals surface area contributed by atoms with E-state index in [0.29, 0.717) is 5.75 Å². The first kappa shape index (κ1) is 9.54. The number of carboxylic acids is 1. The van der Waals surface area contributed by atoms with Gasteiger partial charge in [0.2, 0.25) is 5.91 Å². The Kier molecular flexibility index (Phi) is 2.24. The molecule has 14 heavy (non-hydrogen) atoms. The van der Waals surface area contributed by atoms with Gasteiger partial charge in [-0.05, 0) is 13.1 Å². The number of carbonyl (C=O) groups is 2. The molecule has 1 saturated heterocycles. The second-order valence-corrected chi connectivity index (χ2v) is 4.24. The third-order valence-corrected chi connectivity index (χ3v) is 3.56. The molecule has 2 atom stereocenters. The molecule has 0 saturated carbocycles. The molecular formula is C8H10N2O3S. The van der Waals surface area contributed by atoms with Gasteiger partial charge in [-0.15, -0.1) is 11.8 Å². The fourth-order valence-corrected chi connectivity index (χ4v) is 2.93. The van der Waals surface area contributed by atoms with Gasteiger partial charge < -0.3 is 10.4 Å². The molecule has 76 valence electrons. The Balaban J connectivity index is 2.23. The number of thioether (sulfide) groups is 1. The van der Waals surface area contributed by atoms with Crippen LogP contribution in [-0.4, -0.2) is 46.1 Å². The van der Waals surface area contributed by atoms with Crippen molar-refractivity contribution in [3.05, 3.63) is 11.8 Å². The molecule has 1 fully saturated rings. The molecule has 0 radical (unpaired) electrons. The third-order valence-electron chi connectivity index (χ3n) is 2.38. The van der Waals surface area contributed by atoms with Crippen molar-refractivity contribution in [2.75, 3.05) is 12.8 Å². The van der Waals surface area contributed by atoms with Crippen LogP contribution in [0.5, 0.6) is 0 Å². The van der Waals surface area contributed by atoms with Gasteiger partial charge in [0.1, 0.15) is 17.1 Å². The number of aliphatic carboxylic acids is 1. The lowest BCUT2D eigenvalue weighted by Gasteiger charge is -2.48. The van der Waals surface area contributed by atoms with E-state index in [1.54, 1.807) is 24.9 Å². The van der Waals surface area contributed by atoms with Crippen molar-refractivity contribution in [1.29, 1.82) is 0 Å². The second kappa shape index (κ2) is 3.29. The van der Waals surface area contributed by atoms with E-state index in [2.05, 4.69) is 5.32 Å². The van der Waals surface area contributed by atoms with Gasteiger partial charge in [-0.3, -0.25) is 9.69 Å². The number of hydrogen-bond donors (Lipinski definition) is 2. The molecular weight excluding hydrogens is 204 g/mol. The summed E-state index contributed by atoms with van der Waals surface area (Å²) >= 11 is 1.57. The zero-order chi connectivity index (χ0) is 10.3. The highest BCUT2D eigenvalue weighted by atomic mass is 32.2. The fourth-order valence-electron chi connectivity index (χ4n) is 1.67. The average Bonchev–Trinajstić information content (AvgIpc) is 2.16. The van der Waals surface area contributed by atoms with Crippen molar-refractivity contribution in [3.8, 4) is 0 Å². The topological polar surface area (TPSA) is 69.6 Å². The molecule has 0 aromatic rings. The van der Waals surface area contributed by atoms with E-state index in [9.17, 15) is 9.59 Å². The quantitative estimate of drug-likeness (QED) is 0.604. The molecule has 6 heteroatoms. The van der Waals surface area contributed by atoms with Crippen molar-refractivity contribution >= 4 is 23.6 Å². The Morgan fingerprint density at radius 1 is 1.79 bits per heavy atom. The number of carbonyl (C=O) groups excluding carboxylic acids is 1. The minimum Gasteiger partial charge on any atom is -0.477 e. The van der Waals surface area contributed by atoms with Gasteiger partial charge in [0.05, 0.1) is 0 Å². The molecule has 2 rings (SSSR count). The maximum atomic E-state index is 11.5. The van der Waals surface area contributed by atoms with Crippen LogP contribution in [0, 0.1) is 0 Å². The number of nitrogens with one attached hydrogen (secondary N) is 1. The van der Waals surface area contributed by atoms with E-state index in [-0.39, 0.29) is 23.0 Å². The van der Waals surface area contributed by atoms with Crippen LogP contribution in [0.25, 0.3) is 0 Å². The van der Waals surface area contributed by atoms with E-state index >= 15 is 0 Å². The molecule has 2 aliphatic heterocycles. The first-order chi connectivity index (χ1) is 6.66. The third kappa shape index (κ3) is 1.14. The van der Waals surface area contributed by atoms with Crippen molar-refractivity contribution in [2.24, 2.45) is 0 Å². The Labute approximate surface area is 85.1 Å². The van der Waals surface area contributed by atoms with Crippen LogP contribution in [0.15, 0.2) is 11.8 Å². The molecule has 0 spiro atoms. The van der Waals surface area contributed by atoms with Gasteiger partial charge >= 0.3 is 5.97 Å². The molecule has 0 bridgehead atoms. The highest BCUT2D eigenvalue weighted by molar-refractivity contribution is 8.00. The second-order valence-electron chi connectivity index (χ2n) is 3.09. The predicted octanol–water partition coefficient (Wildman–Crippen LogP) is -0.542. The number of likely N-dealkylation sites (N-methyl/N-ethyl adjacent to an activating group) is 1. The van der Waals surface area contributed by atoms with Crippen LogP contribution >= 0.6 is 11.8 Å². The fraction of sp³-hybridized carbons (Fsp3) is 0.500. The molecule has 2 N–H and O–H groups in total. The number of fused-ring (bicyclic) bond motifs is 1. The van der Waals surface area contributed by atoms with Crippen LogP contribution < -0.4 is 5.32 Å². The van der Waals surface area contributed by atoms with Gasteiger partial charge in [0.25, 0.3) is 0 Å². The van der Waals surface area contributed by atoms with E-state index in [0.717, 1.165) is 0 Å². The molecule has 5 nitrogen and oxygen atoms in total. The number of carboxylic acid groups (broad SMARTS) is 1. The first-order valence-electron chi connectivity index (χ1n) is 4.22. The molecule has 0 aromatic carbocycles. The van der Waals surface area contributed by atoms with Gasteiger partial charge in [0.15, 0.2) is 0 Å². The highest BCUT2D eigenvalue weighted by Crippen LogP contribution is 2.36. The van der Waals surface area contributed by atoms with E-state index < -0.39 is 5.97 Å². The van der Waals surface area contributed by atoms with Crippen LogP contribution in [0.3, 0.4) is 0 Å². The lowest BCUT2D eigenvalue weighted by molar-refractivity contribution is -0.148. The Hall–Kier alpha value is -1.01. The van der Waals surface area contributed by atoms with Crippen molar-refractivity contribution in [3.63, 3.8) is 0 Å². The van der Waals surface area contributed by atoms with Crippen LogP contribution in [0.2, 0.25) is 0 Å². The number of rotatable bonds is 2. The summed E-state index contributed by atoms with van der Waals surface area (Å²) in [5.74, 6) is -0.537. The highest BCUT2D eigenvalue weighted by Gasteiger charge is 2.51. The smallest absolute Gasteiger partial charge is 0.352 e. The monoisotopic (exact) mass is 214 g/mol. The maximum absolute atomic E-state index is 11.5. The lowest BCUT2D eigenvalue weighted by atomic mass is 10.1. The Morgan fingerprint density at radius 3 is 3.07 bits per heavy atom. The average molecular weight is 214 g/mol. The van der Waals surface area contributed by atoms with Crippen molar-refractivity contribution < 1.29 is 14.7 Å². The standard InChI is InChI=1S/C8H10N2O3S/c1-9-5-6(11)10-4(8(12)13)2-3-14-7(5)10/h2,5,7,9H,3H2,1H3,(H,12,13)/t5?,7-/m1/s1. The van der Waals surface area contributed by atoms with Gasteiger partial charge in [0, 0.05) is 5.75 Å². The number of amides is 1. The van der Waals surface area contributed by atoms with Gasteiger partial charge in [-0.2, -0.15) is 0 Å².